The minimum Gasteiger partial charge on any atom is -0.508 e. The van der Waals surface area contributed by atoms with Crippen LogP contribution in [0.15, 0.2) is 66.7 Å². The van der Waals surface area contributed by atoms with Crippen LogP contribution in [0.4, 0.5) is 0 Å². The van der Waals surface area contributed by atoms with Crippen LogP contribution in [0.1, 0.15) is 26.4 Å². The summed E-state index contributed by atoms with van der Waals surface area (Å²) >= 11 is 12.1. The third-order valence-corrected chi connectivity index (χ3v) is 6.43. The number of aromatic nitrogens is 1. The predicted octanol–water partition coefficient (Wildman–Crippen LogP) is 5.13. The fourth-order valence-corrected chi connectivity index (χ4v) is 4.11. The molecular formula is C27H20Cl2N2O6. The van der Waals surface area contributed by atoms with Gasteiger partial charge in [-0.25, -0.2) is 14.6 Å². The highest BCUT2D eigenvalue weighted by Gasteiger charge is 2.25. The number of ether oxygens (including phenoxy) is 1. The van der Waals surface area contributed by atoms with Gasteiger partial charge in [0.1, 0.15) is 17.5 Å². The molecule has 0 aliphatic heterocycles. The maximum Gasteiger partial charge on any atom is 0.336 e. The lowest BCUT2D eigenvalue weighted by atomic mass is 10.00. The van der Waals surface area contributed by atoms with Crippen LogP contribution in [0, 0.1) is 0 Å². The van der Waals surface area contributed by atoms with E-state index in [1.807, 2.05) is 0 Å². The molecule has 0 aliphatic rings. The Labute approximate surface area is 221 Å². The zero-order valence-electron chi connectivity index (χ0n) is 19.4. The number of hydrogen-bond donors (Lipinski definition) is 3. The molecule has 1 amide bonds. The molecule has 0 saturated heterocycles. The molecule has 0 bridgehead atoms. The van der Waals surface area contributed by atoms with Gasteiger partial charge in [-0.1, -0.05) is 47.5 Å². The summed E-state index contributed by atoms with van der Waals surface area (Å²) in [6.07, 6.45) is 0.0884. The molecule has 188 valence electrons. The molecule has 0 saturated carbocycles. The van der Waals surface area contributed by atoms with Crippen LogP contribution in [0.5, 0.6) is 5.75 Å². The molecule has 3 aromatic carbocycles. The second-order valence-electron chi connectivity index (χ2n) is 8.14. The summed E-state index contributed by atoms with van der Waals surface area (Å²) in [5, 5.41) is 23.0. The monoisotopic (exact) mass is 538 g/mol. The Kier molecular flexibility index (Phi) is 7.61. The van der Waals surface area contributed by atoms with Crippen molar-refractivity contribution in [2.45, 2.75) is 12.5 Å². The van der Waals surface area contributed by atoms with Crippen LogP contribution >= 0.6 is 23.2 Å². The van der Waals surface area contributed by atoms with Crippen molar-refractivity contribution >= 4 is 52.0 Å². The zero-order chi connectivity index (χ0) is 26.7. The normalized spacial score (nSPS) is 11.6. The number of pyridine rings is 1. The van der Waals surface area contributed by atoms with Gasteiger partial charge < -0.3 is 20.3 Å². The molecule has 3 N–H and O–H groups in total. The lowest BCUT2D eigenvalue weighted by Gasteiger charge is -2.17. The fraction of sp³-hybridized carbons (Fsp3) is 0.111. The van der Waals surface area contributed by atoms with Gasteiger partial charge in [-0.05, 0) is 59.2 Å². The van der Waals surface area contributed by atoms with Crippen molar-refractivity contribution in [1.29, 1.82) is 0 Å². The van der Waals surface area contributed by atoms with E-state index in [1.54, 1.807) is 48.5 Å². The van der Waals surface area contributed by atoms with Gasteiger partial charge in [-0.15, -0.1) is 0 Å². The van der Waals surface area contributed by atoms with Gasteiger partial charge in [0.15, 0.2) is 0 Å². The summed E-state index contributed by atoms with van der Waals surface area (Å²) in [6.45, 7) is 0. The van der Waals surface area contributed by atoms with Crippen molar-refractivity contribution in [1.82, 2.24) is 10.3 Å². The Hall–Kier alpha value is -4.14. The minimum atomic E-state index is -1.25. The van der Waals surface area contributed by atoms with E-state index < -0.39 is 23.9 Å². The summed E-state index contributed by atoms with van der Waals surface area (Å²) in [6, 6.07) is 16.3. The van der Waals surface area contributed by atoms with E-state index in [1.165, 1.54) is 19.2 Å². The highest BCUT2D eigenvalue weighted by molar-refractivity contribution is 6.42. The van der Waals surface area contributed by atoms with Crippen molar-refractivity contribution in [2.24, 2.45) is 0 Å². The van der Waals surface area contributed by atoms with Crippen LogP contribution < -0.4 is 5.32 Å². The van der Waals surface area contributed by atoms with E-state index in [2.05, 4.69) is 10.3 Å². The van der Waals surface area contributed by atoms with E-state index in [4.69, 9.17) is 27.9 Å². The number of benzene rings is 3. The van der Waals surface area contributed by atoms with Crippen LogP contribution in [0.25, 0.3) is 22.0 Å². The average Bonchev–Trinajstić information content (AvgIpc) is 2.89. The number of amides is 1. The molecule has 1 atom stereocenters. The van der Waals surface area contributed by atoms with E-state index >= 15 is 0 Å². The summed E-state index contributed by atoms with van der Waals surface area (Å²) in [5.74, 6) is -2.62. The molecule has 4 aromatic rings. The quantitative estimate of drug-likeness (QED) is 0.278. The number of methoxy groups -OCH3 is 1. The number of halogens is 2. The van der Waals surface area contributed by atoms with Gasteiger partial charge in [-0.3, -0.25) is 4.79 Å². The van der Waals surface area contributed by atoms with Crippen molar-refractivity contribution in [3.8, 4) is 16.9 Å². The number of rotatable bonds is 7. The first-order valence-corrected chi connectivity index (χ1v) is 11.7. The molecule has 1 heterocycles. The maximum atomic E-state index is 13.1. The molecule has 10 heteroatoms. The lowest BCUT2D eigenvalue weighted by Crippen LogP contribution is -2.43. The number of nitrogens with one attached hydrogen (secondary N) is 1. The Morgan fingerprint density at radius 1 is 0.946 bits per heavy atom. The van der Waals surface area contributed by atoms with Gasteiger partial charge in [0.05, 0.1) is 28.2 Å². The van der Waals surface area contributed by atoms with Gasteiger partial charge in [0, 0.05) is 11.8 Å². The largest absolute Gasteiger partial charge is 0.508 e. The molecule has 0 aliphatic carbocycles. The minimum absolute atomic E-state index is 0.0614. The lowest BCUT2D eigenvalue weighted by molar-refractivity contribution is -0.142. The Morgan fingerprint density at radius 2 is 1.62 bits per heavy atom. The van der Waals surface area contributed by atoms with E-state index in [9.17, 15) is 24.6 Å². The molecule has 1 aromatic heterocycles. The highest BCUT2D eigenvalue weighted by atomic mass is 35.5. The number of carboxylic acid groups (broad SMARTS) is 1. The second-order valence-corrected chi connectivity index (χ2v) is 8.96. The van der Waals surface area contributed by atoms with Crippen molar-refractivity contribution in [2.75, 3.05) is 7.11 Å². The van der Waals surface area contributed by atoms with Crippen molar-refractivity contribution in [3.63, 3.8) is 0 Å². The third kappa shape index (κ3) is 5.82. The number of fused-ring (bicyclic) bond motifs is 1. The average molecular weight is 539 g/mol. The first-order valence-electron chi connectivity index (χ1n) is 11.0. The number of aromatic hydroxyl groups is 1. The van der Waals surface area contributed by atoms with Crippen LogP contribution in [0.2, 0.25) is 10.0 Å². The number of carboxylic acids is 1. The Bertz CT molecular complexity index is 1520. The summed E-state index contributed by atoms with van der Waals surface area (Å²) in [4.78, 5) is 41.8. The number of esters is 1. The number of phenols is 1. The van der Waals surface area contributed by atoms with E-state index in [0.717, 1.165) is 11.6 Å². The Morgan fingerprint density at radius 3 is 2.27 bits per heavy atom. The summed E-state index contributed by atoms with van der Waals surface area (Å²) < 4.78 is 4.81. The molecule has 0 spiro atoms. The van der Waals surface area contributed by atoms with Gasteiger partial charge >= 0.3 is 11.9 Å². The smallest absolute Gasteiger partial charge is 0.336 e. The zero-order valence-corrected chi connectivity index (χ0v) is 20.9. The second kappa shape index (κ2) is 10.9. The first-order chi connectivity index (χ1) is 17.7. The highest BCUT2D eigenvalue weighted by Crippen LogP contribution is 2.31. The molecule has 37 heavy (non-hydrogen) atoms. The van der Waals surface area contributed by atoms with Crippen molar-refractivity contribution < 1.29 is 29.3 Å². The standard InChI is InChI=1S/C27H20Cl2N2O6/c1-37-27(36)24(10-14-2-6-17(32)7-3-14)31-25(33)23-13-19(26(34)35)18-11-15(5-9-22(18)30-23)16-4-8-20(28)21(29)12-16/h2-9,11-13,24,32H,10H2,1H3,(H,31,33)(H,34,35)/t24-/m0/s1. The predicted molar refractivity (Wildman–Crippen MR) is 139 cm³/mol. The summed E-state index contributed by atoms with van der Waals surface area (Å²) in [5.41, 5.74) is 2.05. The molecule has 8 nitrogen and oxygen atoms in total. The van der Waals surface area contributed by atoms with Crippen LogP contribution in [-0.4, -0.2) is 46.2 Å². The number of nitrogens with zero attached hydrogens (tertiary/aromatic N) is 1. The Balaban J connectivity index is 1.68. The maximum absolute atomic E-state index is 13.1. The van der Waals surface area contributed by atoms with E-state index in [0.29, 0.717) is 26.6 Å². The number of carbonyl (C=O) groups is 3. The van der Waals surface area contributed by atoms with Gasteiger partial charge in [0.2, 0.25) is 0 Å². The topological polar surface area (TPSA) is 126 Å². The molecular weight excluding hydrogens is 519 g/mol. The number of phenolic OH excluding ortho intramolecular Hbond substituents is 1. The van der Waals surface area contributed by atoms with Crippen LogP contribution in [-0.2, 0) is 16.0 Å². The van der Waals surface area contributed by atoms with Crippen molar-refractivity contribution in [3.05, 3.63) is 93.6 Å². The number of carbonyl (C=O) groups excluding carboxylic acids is 2. The van der Waals surface area contributed by atoms with Gasteiger partial charge in [-0.2, -0.15) is 0 Å². The van der Waals surface area contributed by atoms with E-state index in [-0.39, 0.29) is 28.9 Å². The number of hydrogen-bond acceptors (Lipinski definition) is 6. The fourth-order valence-electron chi connectivity index (χ4n) is 3.81. The third-order valence-electron chi connectivity index (χ3n) is 5.69. The summed E-state index contributed by atoms with van der Waals surface area (Å²) in [7, 11) is 1.20. The molecule has 0 radical (unpaired) electrons. The molecule has 0 unspecified atom stereocenters. The molecule has 0 fully saturated rings. The number of aromatic carboxylic acids is 1. The SMILES string of the molecule is COC(=O)[C@H](Cc1ccc(O)cc1)NC(=O)c1cc(C(=O)O)c2cc(-c3ccc(Cl)c(Cl)c3)ccc2n1. The molecule has 4 rings (SSSR count). The van der Waals surface area contributed by atoms with Gasteiger partial charge in [0.25, 0.3) is 5.91 Å². The van der Waals surface area contributed by atoms with Crippen LogP contribution in [0.3, 0.4) is 0 Å². The first kappa shape index (κ1) is 25.9.